The molecule has 0 aromatic heterocycles. The minimum absolute atomic E-state index is 0.183. The smallest absolute Gasteiger partial charge is 0.307 e. The Kier molecular flexibility index (Phi) is 7.09. The molecule has 0 saturated carbocycles. The van der Waals surface area contributed by atoms with Crippen LogP contribution >= 0.6 is 15.9 Å². The maximum atomic E-state index is 12.7. The molecule has 2 aromatic carbocycles. The third kappa shape index (κ3) is 6.09. The van der Waals surface area contributed by atoms with Crippen LogP contribution in [-0.4, -0.2) is 38.6 Å². The fourth-order valence-corrected chi connectivity index (χ4v) is 3.41. The largest absolute Gasteiger partial charge is 0.469 e. The third-order valence-corrected chi connectivity index (χ3v) is 5.59. The van der Waals surface area contributed by atoms with E-state index in [-0.39, 0.29) is 16.9 Å². The van der Waals surface area contributed by atoms with Crippen molar-refractivity contribution in [1.29, 1.82) is 0 Å². The van der Waals surface area contributed by atoms with Crippen molar-refractivity contribution in [1.82, 2.24) is 5.32 Å². The molecule has 0 fully saturated rings. The highest BCUT2D eigenvalue weighted by Crippen LogP contribution is 2.24. The Labute approximate surface area is 175 Å². The minimum Gasteiger partial charge on any atom is -0.469 e. The molecule has 154 valence electrons. The van der Waals surface area contributed by atoms with Crippen molar-refractivity contribution in [3.05, 3.63) is 68.2 Å². The minimum atomic E-state index is -3.79. The first kappa shape index (κ1) is 22.5. The Balaban J connectivity index is 2.42. The summed E-state index contributed by atoms with van der Waals surface area (Å²) in [5, 5.41) is 13.7. The number of hydrogen-bond donors (Lipinski definition) is 1. The molecule has 1 N–H and O–H groups in total. The van der Waals surface area contributed by atoms with Gasteiger partial charge in [-0.25, -0.2) is 8.42 Å². The molecule has 11 heteroatoms. The van der Waals surface area contributed by atoms with Gasteiger partial charge in [0, 0.05) is 28.4 Å². The fourth-order valence-electron chi connectivity index (χ4n) is 2.47. The van der Waals surface area contributed by atoms with Gasteiger partial charge >= 0.3 is 5.97 Å². The van der Waals surface area contributed by atoms with E-state index in [4.69, 9.17) is 0 Å². The number of esters is 1. The van der Waals surface area contributed by atoms with Gasteiger partial charge in [-0.05, 0) is 23.8 Å². The summed E-state index contributed by atoms with van der Waals surface area (Å²) in [5.74, 6) is -1.34. The number of carbonyl (C=O) groups is 2. The van der Waals surface area contributed by atoms with E-state index in [0.717, 1.165) is 28.9 Å². The lowest BCUT2D eigenvalue weighted by Crippen LogP contribution is -2.30. The molecule has 0 spiro atoms. The van der Waals surface area contributed by atoms with Gasteiger partial charge in [0.05, 0.1) is 29.4 Å². The summed E-state index contributed by atoms with van der Waals surface area (Å²) in [6.45, 7) is 0. The van der Waals surface area contributed by atoms with Crippen LogP contribution in [0.25, 0.3) is 0 Å². The first-order valence-corrected chi connectivity index (χ1v) is 10.8. The van der Waals surface area contributed by atoms with Gasteiger partial charge in [-0.2, -0.15) is 0 Å². The number of nitro groups is 1. The van der Waals surface area contributed by atoms with Gasteiger partial charge in [0.1, 0.15) is 0 Å². The second-order valence-corrected chi connectivity index (χ2v) is 9.03. The molecule has 2 rings (SSSR count). The van der Waals surface area contributed by atoms with Crippen LogP contribution in [0.15, 0.2) is 51.8 Å². The number of benzene rings is 2. The van der Waals surface area contributed by atoms with Crippen molar-refractivity contribution in [2.24, 2.45) is 0 Å². The summed E-state index contributed by atoms with van der Waals surface area (Å²) < 4.78 is 29.1. The monoisotopic (exact) mass is 484 g/mol. The van der Waals surface area contributed by atoms with Gasteiger partial charge in [0.25, 0.3) is 11.6 Å². The number of carbonyl (C=O) groups excluding carboxylic acids is 2. The van der Waals surface area contributed by atoms with Crippen LogP contribution in [0, 0.1) is 10.1 Å². The first-order valence-electron chi connectivity index (χ1n) is 8.14. The van der Waals surface area contributed by atoms with Gasteiger partial charge < -0.3 is 10.1 Å². The lowest BCUT2D eigenvalue weighted by atomic mass is 10.0. The predicted molar refractivity (Wildman–Crippen MR) is 107 cm³/mol. The molecular formula is C18H17BrN2O7S. The number of sulfone groups is 1. The van der Waals surface area contributed by atoms with Gasteiger partial charge in [0.2, 0.25) is 0 Å². The first-order chi connectivity index (χ1) is 13.5. The Hall–Kier alpha value is -2.79. The van der Waals surface area contributed by atoms with E-state index in [9.17, 15) is 28.1 Å². The molecule has 1 amide bonds. The number of nitrogens with one attached hydrogen (secondary N) is 1. The number of ether oxygens (including phenoxy) is 1. The average Bonchev–Trinajstić information content (AvgIpc) is 2.66. The van der Waals surface area contributed by atoms with Crippen molar-refractivity contribution in [2.45, 2.75) is 17.4 Å². The number of amides is 1. The second kappa shape index (κ2) is 9.14. The summed E-state index contributed by atoms with van der Waals surface area (Å²) in [6.07, 6.45) is 0.702. The highest BCUT2D eigenvalue weighted by Gasteiger charge is 2.23. The number of nitro benzene ring substituents is 1. The lowest BCUT2D eigenvalue weighted by molar-refractivity contribution is -0.385. The second-order valence-electron chi connectivity index (χ2n) is 6.10. The molecule has 0 aliphatic heterocycles. The zero-order valence-corrected chi connectivity index (χ0v) is 17.8. The summed E-state index contributed by atoms with van der Waals surface area (Å²) in [5.41, 5.74) is -0.154. The number of nitrogens with zero attached hydrogens (tertiary/aromatic N) is 1. The van der Waals surface area contributed by atoms with Crippen LogP contribution in [0.4, 0.5) is 5.69 Å². The van der Waals surface area contributed by atoms with E-state index in [1.807, 2.05) is 0 Å². The molecule has 1 unspecified atom stereocenters. The molecule has 0 bridgehead atoms. The van der Waals surface area contributed by atoms with Crippen LogP contribution in [0.5, 0.6) is 0 Å². The topological polar surface area (TPSA) is 133 Å². The summed E-state index contributed by atoms with van der Waals surface area (Å²) >= 11 is 3.29. The van der Waals surface area contributed by atoms with E-state index >= 15 is 0 Å². The number of rotatable bonds is 7. The van der Waals surface area contributed by atoms with E-state index in [1.165, 1.54) is 7.11 Å². The summed E-state index contributed by atoms with van der Waals surface area (Å²) in [6, 6.07) is 8.94. The number of non-ortho nitro benzene ring substituents is 1. The Morgan fingerprint density at radius 2 is 1.83 bits per heavy atom. The fraction of sp³-hybridized carbons (Fsp3) is 0.222. The van der Waals surface area contributed by atoms with Crippen molar-refractivity contribution in [3.8, 4) is 0 Å². The van der Waals surface area contributed by atoms with E-state index in [0.29, 0.717) is 5.56 Å². The predicted octanol–water partition coefficient (Wildman–Crippen LogP) is 2.80. The maximum absolute atomic E-state index is 12.7. The highest BCUT2D eigenvalue weighted by molar-refractivity contribution is 9.10. The molecule has 9 nitrogen and oxygen atoms in total. The third-order valence-electron chi connectivity index (χ3n) is 3.97. The van der Waals surface area contributed by atoms with Crippen LogP contribution in [0.3, 0.4) is 0 Å². The molecule has 0 saturated heterocycles. The summed E-state index contributed by atoms with van der Waals surface area (Å²) in [7, 11) is -2.58. The molecule has 0 radical (unpaired) electrons. The van der Waals surface area contributed by atoms with Crippen molar-refractivity contribution >= 4 is 43.3 Å². The van der Waals surface area contributed by atoms with Crippen LogP contribution < -0.4 is 5.32 Å². The molecule has 1 atom stereocenters. The zero-order chi connectivity index (χ0) is 21.8. The van der Waals surface area contributed by atoms with Gasteiger partial charge in [-0.3, -0.25) is 19.7 Å². The van der Waals surface area contributed by atoms with Crippen LogP contribution in [0.2, 0.25) is 0 Å². The van der Waals surface area contributed by atoms with E-state index in [2.05, 4.69) is 26.0 Å². The number of methoxy groups -OCH3 is 1. The van der Waals surface area contributed by atoms with E-state index < -0.39 is 38.4 Å². The Morgan fingerprint density at radius 1 is 1.21 bits per heavy atom. The summed E-state index contributed by atoms with van der Waals surface area (Å²) in [4.78, 5) is 34.5. The SMILES string of the molecule is COC(=O)CC(NC(=O)c1cc([N+](=O)[O-])cc(S(C)(=O)=O)c1)c1ccc(Br)cc1. The van der Waals surface area contributed by atoms with Crippen LogP contribution in [0.1, 0.15) is 28.4 Å². The molecular weight excluding hydrogens is 468 g/mol. The van der Waals surface area contributed by atoms with Gasteiger partial charge in [0.15, 0.2) is 9.84 Å². The molecule has 0 heterocycles. The zero-order valence-electron chi connectivity index (χ0n) is 15.4. The molecule has 29 heavy (non-hydrogen) atoms. The quantitative estimate of drug-likeness (QED) is 0.362. The van der Waals surface area contributed by atoms with Crippen molar-refractivity contribution in [3.63, 3.8) is 0 Å². The van der Waals surface area contributed by atoms with Crippen molar-refractivity contribution in [2.75, 3.05) is 13.4 Å². The van der Waals surface area contributed by atoms with Crippen LogP contribution in [-0.2, 0) is 19.4 Å². The van der Waals surface area contributed by atoms with Gasteiger partial charge in [-0.15, -0.1) is 0 Å². The van der Waals surface area contributed by atoms with Crippen molar-refractivity contribution < 1.29 is 27.7 Å². The van der Waals surface area contributed by atoms with Gasteiger partial charge in [-0.1, -0.05) is 28.1 Å². The number of hydrogen-bond acceptors (Lipinski definition) is 7. The lowest BCUT2D eigenvalue weighted by Gasteiger charge is -2.18. The molecule has 0 aliphatic carbocycles. The Bertz CT molecular complexity index is 1050. The van der Waals surface area contributed by atoms with E-state index in [1.54, 1.807) is 24.3 Å². The highest BCUT2D eigenvalue weighted by atomic mass is 79.9. The normalized spacial score (nSPS) is 12.1. The molecule has 2 aromatic rings. The number of halogens is 1. The maximum Gasteiger partial charge on any atom is 0.307 e. The Morgan fingerprint density at radius 3 is 2.34 bits per heavy atom. The average molecular weight is 485 g/mol. The standard InChI is InChI=1S/C18H17BrN2O7S/c1-28-17(22)10-16(11-3-5-13(19)6-4-11)20-18(23)12-7-14(21(24)25)9-15(8-12)29(2,26)27/h3-9,16H,10H2,1-2H3,(H,20,23). The molecule has 0 aliphatic rings.